The Bertz CT molecular complexity index is 1160. The van der Waals surface area contributed by atoms with Crippen LogP contribution in [-0.4, -0.2) is 23.5 Å². The van der Waals surface area contributed by atoms with Gasteiger partial charge in [-0.05, 0) is 81.1 Å². The lowest BCUT2D eigenvalue weighted by Crippen LogP contribution is -2.62. The number of hydrogen-bond acceptors (Lipinski definition) is 4. The fourth-order valence-corrected chi connectivity index (χ4v) is 4.84. The van der Waals surface area contributed by atoms with Crippen molar-refractivity contribution in [2.75, 3.05) is 11.4 Å². The van der Waals surface area contributed by atoms with Crippen LogP contribution in [0, 0.1) is 13.8 Å². The number of nitrogens with zero attached hydrogens (tertiary/aromatic N) is 3. The van der Waals surface area contributed by atoms with Gasteiger partial charge in [0.1, 0.15) is 11.4 Å². The quantitative estimate of drug-likeness (QED) is 0.555. The number of aromatic nitrogens is 1. The van der Waals surface area contributed by atoms with E-state index in [2.05, 4.69) is 62.7 Å². The summed E-state index contributed by atoms with van der Waals surface area (Å²) in [6.07, 6.45) is 4.88. The molecule has 0 fully saturated rings. The third kappa shape index (κ3) is 2.32. The number of aryl methyl sites for hydroxylation is 2. The van der Waals surface area contributed by atoms with E-state index in [9.17, 15) is 0 Å². The average molecular weight is 386 g/mol. The number of benzene rings is 2. The highest BCUT2D eigenvalue weighted by molar-refractivity contribution is 5.98. The number of aliphatic imine (C=N–C) groups is 1. The van der Waals surface area contributed by atoms with Gasteiger partial charge in [0.2, 0.25) is 5.72 Å². The summed E-state index contributed by atoms with van der Waals surface area (Å²) in [6, 6.07) is 12.7. The minimum atomic E-state index is -0.644. The van der Waals surface area contributed by atoms with Crippen LogP contribution in [0.1, 0.15) is 43.9 Å². The van der Waals surface area contributed by atoms with Crippen LogP contribution in [0.2, 0.25) is 0 Å². The lowest BCUT2D eigenvalue weighted by atomic mass is 9.77. The van der Waals surface area contributed by atoms with Gasteiger partial charge in [0.25, 0.3) is 0 Å². The van der Waals surface area contributed by atoms with E-state index >= 15 is 0 Å². The maximum atomic E-state index is 6.88. The van der Waals surface area contributed by atoms with E-state index in [1.165, 1.54) is 22.4 Å². The van der Waals surface area contributed by atoms with E-state index in [1.807, 2.05) is 30.6 Å². The Morgan fingerprint density at radius 3 is 2.66 bits per heavy atom. The highest BCUT2D eigenvalue weighted by Gasteiger charge is 2.59. The second-order valence-corrected chi connectivity index (χ2v) is 8.77. The van der Waals surface area contributed by atoms with Gasteiger partial charge in [-0.15, -0.1) is 0 Å². The first-order valence-corrected chi connectivity index (χ1v) is 10.4. The first-order valence-electron chi connectivity index (χ1n) is 10.4. The molecule has 2 aliphatic heterocycles. The summed E-state index contributed by atoms with van der Waals surface area (Å²) < 4.78 is 6.88. The lowest BCUT2D eigenvalue weighted by molar-refractivity contribution is 0.0778. The molecule has 1 spiro atoms. The summed E-state index contributed by atoms with van der Waals surface area (Å²) >= 11 is 0. The van der Waals surface area contributed by atoms with Gasteiger partial charge in [0.15, 0.2) is 0 Å². The van der Waals surface area contributed by atoms with Gasteiger partial charge in [-0.2, -0.15) is 0 Å². The first kappa shape index (κ1) is 18.2. The molecule has 0 N–H and O–H groups in total. The Morgan fingerprint density at radius 2 is 1.86 bits per heavy atom. The second kappa shape index (κ2) is 6.06. The SMILES string of the molecule is CCCN1c2cc(C)c(C)cc2C(C)(C)C12C=Nc1c(ccc3ncccc13)O2. The summed E-state index contributed by atoms with van der Waals surface area (Å²) in [7, 11) is 0. The van der Waals surface area contributed by atoms with Crippen LogP contribution >= 0.6 is 0 Å². The van der Waals surface area contributed by atoms with Crippen LogP contribution in [0.15, 0.2) is 47.6 Å². The Labute approximate surface area is 172 Å². The van der Waals surface area contributed by atoms with E-state index in [0.717, 1.165) is 35.3 Å². The van der Waals surface area contributed by atoms with E-state index in [-0.39, 0.29) is 5.41 Å². The standard InChI is InChI=1S/C25H27N3O/c1-6-12-28-21-14-17(3)16(2)13-19(21)24(4,5)25(28)15-27-23-18-8-7-11-26-20(18)9-10-22(23)29-25/h7-11,13-15H,6,12H2,1-5H3. The minimum Gasteiger partial charge on any atom is -0.459 e. The molecule has 1 unspecified atom stereocenters. The maximum Gasteiger partial charge on any atom is 0.228 e. The van der Waals surface area contributed by atoms with Gasteiger partial charge in [0, 0.05) is 23.8 Å². The molecule has 2 aromatic carbocycles. The van der Waals surface area contributed by atoms with Gasteiger partial charge in [0.05, 0.1) is 17.1 Å². The topological polar surface area (TPSA) is 37.7 Å². The molecule has 0 radical (unpaired) electrons. The molecule has 4 heteroatoms. The van der Waals surface area contributed by atoms with Crippen molar-refractivity contribution >= 4 is 28.5 Å². The number of fused-ring (bicyclic) bond motifs is 4. The highest BCUT2D eigenvalue weighted by Crippen LogP contribution is 2.55. The van der Waals surface area contributed by atoms with Crippen LogP contribution in [0.25, 0.3) is 10.9 Å². The van der Waals surface area contributed by atoms with Crippen molar-refractivity contribution in [1.82, 2.24) is 4.98 Å². The van der Waals surface area contributed by atoms with Crippen LogP contribution in [0.3, 0.4) is 0 Å². The third-order valence-electron chi connectivity index (χ3n) is 6.67. The van der Waals surface area contributed by atoms with E-state index in [0.29, 0.717) is 0 Å². The predicted molar refractivity (Wildman–Crippen MR) is 120 cm³/mol. The smallest absolute Gasteiger partial charge is 0.228 e. The molecule has 4 nitrogen and oxygen atoms in total. The van der Waals surface area contributed by atoms with E-state index in [1.54, 1.807) is 0 Å². The summed E-state index contributed by atoms with van der Waals surface area (Å²) in [4.78, 5) is 11.9. The Morgan fingerprint density at radius 1 is 1.07 bits per heavy atom. The fraction of sp³-hybridized carbons (Fsp3) is 0.360. The number of pyridine rings is 1. The molecule has 0 aliphatic carbocycles. The van der Waals surface area contributed by atoms with Gasteiger partial charge in [-0.3, -0.25) is 9.98 Å². The molecule has 0 saturated carbocycles. The molecular formula is C25H27N3O. The molecule has 0 amide bonds. The molecular weight excluding hydrogens is 358 g/mol. The van der Waals surface area contributed by atoms with Crippen LogP contribution < -0.4 is 9.64 Å². The molecule has 3 aromatic rings. The van der Waals surface area contributed by atoms with E-state index in [4.69, 9.17) is 9.73 Å². The molecule has 3 heterocycles. The Hall–Kier alpha value is -2.88. The van der Waals surface area contributed by atoms with Crippen molar-refractivity contribution < 1.29 is 4.74 Å². The zero-order valence-electron chi connectivity index (χ0n) is 17.8. The molecule has 2 aliphatic rings. The molecule has 0 saturated heterocycles. The monoisotopic (exact) mass is 385 g/mol. The molecule has 1 atom stereocenters. The molecule has 29 heavy (non-hydrogen) atoms. The molecule has 1 aromatic heterocycles. The van der Waals surface area contributed by atoms with Crippen molar-refractivity contribution in [2.24, 2.45) is 4.99 Å². The van der Waals surface area contributed by atoms with Gasteiger partial charge < -0.3 is 9.64 Å². The number of hydrogen-bond donors (Lipinski definition) is 0. The molecule has 0 bridgehead atoms. The van der Waals surface area contributed by atoms with Crippen molar-refractivity contribution in [3.63, 3.8) is 0 Å². The van der Waals surface area contributed by atoms with Crippen molar-refractivity contribution in [3.8, 4) is 5.75 Å². The average Bonchev–Trinajstić information content (AvgIpc) is 2.87. The summed E-state index contributed by atoms with van der Waals surface area (Å²) in [5.74, 6) is 0.823. The van der Waals surface area contributed by atoms with Gasteiger partial charge in [-0.25, -0.2) is 0 Å². The Balaban J connectivity index is 1.73. The zero-order valence-corrected chi connectivity index (χ0v) is 17.8. The van der Waals surface area contributed by atoms with Crippen LogP contribution in [-0.2, 0) is 5.41 Å². The van der Waals surface area contributed by atoms with E-state index < -0.39 is 5.72 Å². The van der Waals surface area contributed by atoms with Crippen LogP contribution in [0.5, 0.6) is 5.75 Å². The molecule has 5 rings (SSSR count). The van der Waals surface area contributed by atoms with Crippen molar-refractivity contribution in [2.45, 2.75) is 52.2 Å². The number of rotatable bonds is 2. The first-order chi connectivity index (χ1) is 13.9. The van der Waals surface area contributed by atoms with Crippen molar-refractivity contribution in [1.29, 1.82) is 0 Å². The second-order valence-electron chi connectivity index (χ2n) is 8.77. The zero-order chi connectivity index (χ0) is 20.4. The summed E-state index contributed by atoms with van der Waals surface area (Å²) in [5, 5.41) is 1.03. The fourth-order valence-electron chi connectivity index (χ4n) is 4.84. The number of anilines is 1. The van der Waals surface area contributed by atoms with Crippen molar-refractivity contribution in [3.05, 3.63) is 59.3 Å². The molecule has 148 valence electrons. The van der Waals surface area contributed by atoms with Gasteiger partial charge >= 0.3 is 0 Å². The third-order valence-corrected chi connectivity index (χ3v) is 6.67. The lowest BCUT2D eigenvalue weighted by Gasteiger charge is -2.46. The predicted octanol–water partition coefficient (Wildman–Crippen LogP) is 5.85. The number of ether oxygens (including phenoxy) is 1. The van der Waals surface area contributed by atoms with Crippen LogP contribution in [0.4, 0.5) is 11.4 Å². The minimum absolute atomic E-state index is 0.249. The Kier molecular flexibility index (Phi) is 3.79. The highest BCUT2D eigenvalue weighted by atomic mass is 16.5. The maximum absolute atomic E-state index is 6.88. The van der Waals surface area contributed by atoms with Gasteiger partial charge in [-0.1, -0.05) is 13.0 Å². The summed E-state index contributed by atoms with van der Waals surface area (Å²) in [5.41, 5.74) is 6.13. The normalized spacial score (nSPS) is 21.3. The summed E-state index contributed by atoms with van der Waals surface area (Å²) in [6.45, 7) is 12.0. The largest absolute Gasteiger partial charge is 0.459 e.